The number of benzene rings is 1. The third kappa shape index (κ3) is 5.26. The highest BCUT2D eigenvalue weighted by molar-refractivity contribution is 9.10. The van der Waals surface area contributed by atoms with Crippen LogP contribution in [0.15, 0.2) is 22.7 Å². The van der Waals surface area contributed by atoms with Gasteiger partial charge in [-0.25, -0.2) is 0 Å². The quantitative estimate of drug-likeness (QED) is 0.562. The second-order valence-corrected chi connectivity index (χ2v) is 5.54. The molecule has 3 nitrogen and oxygen atoms in total. The Morgan fingerprint density at radius 1 is 1.39 bits per heavy atom. The third-order valence-corrected chi connectivity index (χ3v) is 3.79. The predicted octanol–water partition coefficient (Wildman–Crippen LogP) is 3.63. The van der Waals surface area contributed by atoms with Crippen molar-refractivity contribution in [1.82, 2.24) is 5.32 Å². The molecule has 0 spiro atoms. The SMILES string of the molecule is O=C(NCCCOCCBr)c1cccc(Br)c1Cl. The number of hydrogen-bond donors (Lipinski definition) is 1. The van der Waals surface area contributed by atoms with E-state index in [1.165, 1.54) is 0 Å². The Morgan fingerprint density at radius 3 is 2.89 bits per heavy atom. The summed E-state index contributed by atoms with van der Waals surface area (Å²) in [5, 5.41) is 4.07. The fraction of sp³-hybridized carbons (Fsp3) is 0.417. The average Bonchev–Trinajstić information content (AvgIpc) is 2.36. The van der Waals surface area contributed by atoms with Crippen molar-refractivity contribution in [3.63, 3.8) is 0 Å². The molecule has 6 heteroatoms. The standard InChI is InChI=1S/C12H14Br2ClNO2/c13-5-8-18-7-2-6-16-12(17)9-3-1-4-10(14)11(9)15/h1,3-4H,2,5-8H2,(H,16,17). The van der Waals surface area contributed by atoms with E-state index in [0.717, 1.165) is 16.2 Å². The van der Waals surface area contributed by atoms with Gasteiger partial charge in [-0.3, -0.25) is 4.79 Å². The lowest BCUT2D eigenvalue weighted by Gasteiger charge is -2.07. The highest BCUT2D eigenvalue weighted by Crippen LogP contribution is 2.25. The molecule has 0 aliphatic carbocycles. The average molecular weight is 400 g/mol. The second kappa shape index (κ2) is 8.91. The van der Waals surface area contributed by atoms with Crippen LogP contribution >= 0.6 is 43.5 Å². The maximum atomic E-state index is 11.8. The lowest BCUT2D eigenvalue weighted by atomic mass is 10.2. The number of alkyl halides is 1. The zero-order valence-corrected chi connectivity index (χ0v) is 13.6. The van der Waals surface area contributed by atoms with Crippen molar-refractivity contribution in [2.24, 2.45) is 0 Å². The first-order chi connectivity index (χ1) is 8.66. The zero-order valence-electron chi connectivity index (χ0n) is 9.72. The van der Waals surface area contributed by atoms with Crippen molar-refractivity contribution in [3.05, 3.63) is 33.3 Å². The summed E-state index contributed by atoms with van der Waals surface area (Å²) in [5.41, 5.74) is 0.479. The summed E-state index contributed by atoms with van der Waals surface area (Å²) in [7, 11) is 0. The fourth-order valence-corrected chi connectivity index (χ4v) is 2.11. The van der Waals surface area contributed by atoms with E-state index in [2.05, 4.69) is 37.2 Å². The van der Waals surface area contributed by atoms with Crippen LogP contribution in [0, 0.1) is 0 Å². The van der Waals surface area contributed by atoms with Crippen molar-refractivity contribution in [3.8, 4) is 0 Å². The topological polar surface area (TPSA) is 38.3 Å². The van der Waals surface area contributed by atoms with Gasteiger partial charge in [-0.1, -0.05) is 33.6 Å². The van der Waals surface area contributed by atoms with Crippen LogP contribution in [0.5, 0.6) is 0 Å². The van der Waals surface area contributed by atoms with E-state index in [0.29, 0.717) is 30.3 Å². The van der Waals surface area contributed by atoms with Gasteiger partial charge in [-0.05, 0) is 34.5 Å². The number of hydrogen-bond acceptors (Lipinski definition) is 2. The van der Waals surface area contributed by atoms with Gasteiger partial charge in [0.1, 0.15) is 0 Å². The van der Waals surface area contributed by atoms with Crippen LogP contribution in [0.2, 0.25) is 5.02 Å². The van der Waals surface area contributed by atoms with Crippen LogP contribution in [0.4, 0.5) is 0 Å². The molecular weight excluding hydrogens is 385 g/mol. The Morgan fingerprint density at radius 2 is 2.17 bits per heavy atom. The molecule has 1 rings (SSSR count). The molecule has 1 amide bonds. The normalized spacial score (nSPS) is 10.4. The Balaban J connectivity index is 2.35. The van der Waals surface area contributed by atoms with Gasteiger partial charge in [0, 0.05) is 23.0 Å². The molecule has 18 heavy (non-hydrogen) atoms. The fourth-order valence-electron chi connectivity index (χ4n) is 1.31. The number of carbonyl (C=O) groups excluding carboxylic acids is 1. The molecular formula is C12H14Br2ClNO2. The van der Waals surface area contributed by atoms with Gasteiger partial charge in [-0.15, -0.1) is 0 Å². The van der Waals surface area contributed by atoms with Crippen LogP contribution in [0.25, 0.3) is 0 Å². The number of ether oxygens (including phenoxy) is 1. The molecule has 1 aromatic carbocycles. The van der Waals surface area contributed by atoms with Gasteiger partial charge >= 0.3 is 0 Å². The van der Waals surface area contributed by atoms with E-state index >= 15 is 0 Å². The van der Waals surface area contributed by atoms with Crippen molar-refractivity contribution in [1.29, 1.82) is 0 Å². The molecule has 0 atom stereocenters. The molecule has 0 aliphatic heterocycles. The van der Waals surface area contributed by atoms with E-state index in [4.69, 9.17) is 16.3 Å². The van der Waals surface area contributed by atoms with Crippen molar-refractivity contribution < 1.29 is 9.53 Å². The van der Waals surface area contributed by atoms with E-state index in [1.807, 2.05) is 0 Å². The Labute approximate surface area is 128 Å². The minimum Gasteiger partial charge on any atom is -0.381 e. The van der Waals surface area contributed by atoms with E-state index < -0.39 is 0 Å². The lowest BCUT2D eigenvalue weighted by Crippen LogP contribution is -2.25. The van der Waals surface area contributed by atoms with Crippen molar-refractivity contribution in [2.75, 3.05) is 25.1 Å². The number of rotatable bonds is 7. The number of nitrogens with one attached hydrogen (secondary N) is 1. The lowest BCUT2D eigenvalue weighted by molar-refractivity contribution is 0.0945. The summed E-state index contributed by atoms with van der Waals surface area (Å²) in [6, 6.07) is 5.28. The van der Waals surface area contributed by atoms with Gasteiger partial charge in [0.25, 0.3) is 5.91 Å². The van der Waals surface area contributed by atoms with Crippen LogP contribution in [0.3, 0.4) is 0 Å². The highest BCUT2D eigenvalue weighted by Gasteiger charge is 2.11. The Hall–Kier alpha value is -0.100. The van der Waals surface area contributed by atoms with Crippen LogP contribution < -0.4 is 5.32 Å². The van der Waals surface area contributed by atoms with Crippen LogP contribution in [-0.2, 0) is 4.74 Å². The molecule has 1 N–H and O–H groups in total. The monoisotopic (exact) mass is 397 g/mol. The van der Waals surface area contributed by atoms with E-state index in [9.17, 15) is 4.79 Å². The minimum absolute atomic E-state index is 0.165. The smallest absolute Gasteiger partial charge is 0.252 e. The minimum atomic E-state index is -0.165. The third-order valence-electron chi connectivity index (χ3n) is 2.17. The summed E-state index contributed by atoms with van der Waals surface area (Å²) >= 11 is 12.6. The first-order valence-electron chi connectivity index (χ1n) is 5.52. The molecule has 100 valence electrons. The van der Waals surface area contributed by atoms with Crippen LogP contribution in [0.1, 0.15) is 16.8 Å². The largest absolute Gasteiger partial charge is 0.381 e. The number of carbonyl (C=O) groups is 1. The molecule has 0 heterocycles. The highest BCUT2D eigenvalue weighted by atomic mass is 79.9. The van der Waals surface area contributed by atoms with Gasteiger partial charge < -0.3 is 10.1 Å². The summed E-state index contributed by atoms with van der Waals surface area (Å²) in [5.74, 6) is -0.165. The maximum absolute atomic E-state index is 11.8. The zero-order chi connectivity index (χ0) is 13.4. The Bertz CT molecular complexity index is 402. The van der Waals surface area contributed by atoms with Crippen LogP contribution in [-0.4, -0.2) is 31.0 Å². The van der Waals surface area contributed by atoms with E-state index in [-0.39, 0.29) is 5.91 Å². The number of halogens is 3. The molecule has 1 aromatic rings. The molecule has 0 radical (unpaired) electrons. The van der Waals surface area contributed by atoms with Gasteiger partial charge in [0.05, 0.1) is 17.2 Å². The molecule has 0 aromatic heterocycles. The number of amides is 1. The summed E-state index contributed by atoms with van der Waals surface area (Å²) in [6.07, 6.45) is 0.782. The van der Waals surface area contributed by atoms with Crippen molar-refractivity contribution >= 4 is 49.4 Å². The molecule has 0 saturated carbocycles. The van der Waals surface area contributed by atoms with Gasteiger partial charge in [0.15, 0.2) is 0 Å². The summed E-state index contributed by atoms with van der Waals surface area (Å²) in [4.78, 5) is 11.8. The predicted molar refractivity (Wildman–Crippen MR) is 80.7 cm³/mol. The molecule has 0 unspecified atom stereocenters. The van der Waals surface area contributed by atoms with Crippen molar-refractivity contribution in [2.45, 2.75) is 6.42 Å². The summed E-state index contributed by atoms with van der Waals surface area (Å²) in [6.45, 7) is 1.90. The maximum Gasteiger partial charge on any atom is 0.252 e. The Kier molecular flexibility index (Phi) is 7.90. The summed E-state index contributed by atoms with van der Waals surface area (Å²) < 4.78 is 6.00. The molecule has 0 saturated heterocycles. The molecule has 0 bridgehead atoms. The second-order valence-electron chi connectivity index (χ2n) is 3.51. The van der Waals surface area contributed by atoms with Gasteiger partial charge in [0.2, 0.25) is 0 Å². The van der Waals surface area contributed by atoms with Gasteiger partial charge in [-0.2, -0.15) is 0 Å². The first kappa shape index (κ1) is 16.0. The first-order valence-corrected chi connectivity index (χ1v) is 7.82. The molecule has 0 aliphatic rings. The van der Waals surface area contributed by atoms with E-state index in [1.54, 1.807) is 18.2 Å². The molecule has 0 fully saturated rings.